The number of aryl methyl sites for hydroxylation is 1. The van der Waals surface area contributed by atoms with Crippen LogP contribution in [-0.4, -0.2) is 5.91 Å². The van der Waals surface area contributed by atoms with Crippen molar-refractivity contribution in [1.29, 1.82) is 5.26 Å². The minimum atomic E-state index is -4.61. The van der Waals surface area contributed by atoms with Gasteiger partial charge in [0.1, 0.15) is 11.1 Å². The molecular weight excluding hydrogens is 325 g/mol. The van der Waals surface area contributed by atoms with Crippen molar-refractivity contribution in [2.24, 2.45) is 0 Å². The molecule has 0 aliphatic heterocycles. The lowest BCUT2D eigenvalue weighted by Gasteiger charge is -2.12. The Morgan fingerprint density at radius 3 is 2.70 bits per heavy atom. The maximum Gasteiger partial charge on any atom is 0.417 e. The van der Waals surface area contributed by atoms with Gasteiger partial charge >= 0.3 is 6.18 Å². The molecule has 23 heavy (non-hydrogen) atoms. The van der Waals surface area contributed by atoms with E-state index in [2.05, 4.69) is 11.4 Å². The number of rotatable bonds is 2. The number of carbonyl (C=O) groups excluding carboxylic acids is 1. The monoisotopic (exact) mass is 336 g/mol. The normalized spacial score (nSPS) is 13.5. The smallest absolute Gasteiger partial charge is 0.312 e. The van der Waals surface area contributed by atoms with Crippen LogP contribution >= 0.6 is 11.3 Å². The first kappa shape index (κ1) is 15.6. The highest BCUT2D eigenvalue weighted by Crippen LogP contribution is 2.39. The number of benzene rings is 1. The second kappa shape index (κ2) is 5.70. The first-order valence-corrected chi connectivity index (χ1v) is 7.75. The number of amides is 1. The Bertz CT molecular complexity index is 818. The molecule has 118 valence electrons. The number of nitrogens with one attached hydrogen (secondary N) is 1. The van der Waals surface area contributed by atoms with Crippen LogP contribution < -0.4 is 5.32 Å². The lowest BCUT2D eigenvalue weighted by atomic mass is 10.1. The Morgan fingerprint density at radius 2 is 2.00 bits per heavy atom. The molecule has 3 nitrogen and oxygen atoms in total. The average molecular weight is 336 g/mol. The fourth-order valence-electron chi connectivity index (χ4n) is 2.71. The minimum absolute atomic E-state index is 0.333. The number of carbonyl (C=O) groups is 1. The summed E-state index contributed by atoms with van der Waals surface area (Å²) in [4.78, 5) is 13.3. The van der Waals surface area contributed by atoms with Crippen molar-refractivity contribution >= 4 is 22.2 Å². The molecule has 3 rings (SSSR count). The molecule has 1 amide bonds. The zero-order valence-electron chi connectivity index (χ0n) is 11.8. The highest BCUT2D eigenvalue weighted by molar-refractivity contribution is 7.16. The largest absolute Gasteiger partial charge is 0.417 e. The third-order valence-electron chi connectivity index (χ3n) is 3.74. The van der Waals surface area contributed by atoms with Crippen molar-refractivity contribution < 1.29 is 18.0 Å². The molecule has 0 fully saturated rings. The van der Waals surface area contributed by atoms with Gasteiger partial charge in [0.15, 0.2) is 0 Å². The Hall–Kier alpha value is -2.33. The summed E-state index contributed by atoms with van der Waals surface area (Å²) in [5, 5.41) is 12.1. The van der Waals surface area contributed by atoms with Gasteiger partial charge in [0.05, 0.1) is 16.7 Å². The van der Waals surface area contributed by atoms with Crippen molar-refractivity contribution in [2.45, 2.75) is 25.4 Å². The Kier molecular flexibility index (Phi) is 3.86. The summed E-state index contributed by atoms with van der Waals surface area (Å²) in [7, 11) is 0. The van der Waals surface area contributed by atoms with Gasteiger partial charge in [-0.3, -0.25) is 4.79 Å². The molecule has 0 spiro atoms. The average Bonchev–Trinajstić information content (AvgIpc) is 3.06. The van der Waals surface area contributed by atoms with Crippen LogP contribution in [-0.2, 0) is 19.0 Å². The summed E-state index contributed by atoms with van der Waals surface area (Å²) in [5.74, 6) is -0.852. The van der Waals surface area contributed by atoms with Crippen LogP contribution in [0.1, 0.15) is 38.3 Å². The number of hydrogen-bond acceptors (Lipinski definition) is 3. The predicted molar refractivity (Wildman–Crippen MR) is 80.5 cm³/mol. The van der Waals surface area contributed by atoms with Gasteiger partial charge < -0.3 is 5.32 Å². The van der Waals surface area contributed by atoms with E-state index in [0.29, 0.717) is 10.6 Å². The molecule has 1 aliphatic carbocycles. The molecule has 1 N–H and O–H groups in total. The standard InChI is InChI=1S/C16H11F3N2OS/c17-16(18,19)12-6-2-1-4-10(12)14(22)21-15-11(8-20)9-5-3-7-13(9)23-15/h1-2,4,6H,3,5,7H2,(H,21,22). The zero-order valence-corrected chi connectivity index (χ0v) is 12.6. The highest BCUT2D eigenvalue weighted by Gasteiger charge is 2.35. The third-order valence-corrected chi connectivity index (χ3v) is 4.94. The fourth-order valence-corrected chi connectivity index (χ4v) is 3.94. The summed E-state index contributed by atoms with van der Waals surface area (Å²) in [5.41, 5.74) is -0.144. The van der Waals surface area contributed by atoms with Gasteiger partial charge in [-0.15, -0.1) is 11.3 Å². The van der Waals surface area contributed by atoms with Crippen LogP contribution in [0, 0.1) is 11.3 Å². The number of hydrogen-bond donors (Lipinski definition) is 1. The van der Waals surface area contributed by atoms with E-state index in [1.807, 2.05) is 0 Å². The van der Waals surface area contributed by atoms with E-state index in [9.17, 15) is 23.2 Å². The number of nitrogens with zero attached hydrogens (tertiary/aromatic N) is 1. The summed E-state index contributed by atoms with van der Waals surface area (Å²) < 4.78 is 39.0. The molecule has 2 aromatic rings. The first-order valence-electron chi connectivity index (χ1n) is 6.94. The lowest BCUT2D eigenvalue weighted by Crippen LogP contribution is -2.18. The fraction of sp³-hybridized carbons (Fsp3) is 0.250. The van der Waals surface area contributed by atoms with Gasteiger partial charge in [0.25, 0.3) is 5.91 Å². The Labute approximate surface area is 134 Å². The highest BCUT2D eigenvalue weighted by atomic mass is 32.1. The van der Waals surface area contributed by atoms with E-state index >= 15 is 0 Å². The van der Waals surface area contributed by atoms with E-state index < -0.39 is 23.2 Å². The number of alkyl halides is 3. The van der Waals surface area contributed by atoms with Crippen LogP contribution in [0.15, 0.2) is 24.3 Å². The van der Waals surface area contributed by atoms with Crippen LogP contribution in [0.4, 0.5) is 18.2 Å². The maximum atomic E-state index is 13.0. The summed E-state index contributed by atoms with van der Waals surface area (Å²) in [6.07, 6.45) is -2.04. The van der Waals surface area contributed by atoms with Gasteiger partial charge in [0.2, 0.25) is 0 Å². The molecule has 1 heterocycles. The van der Waals surface area contributed by atoms with Crippen LogP contribution in [0.5, 0.6) is 0 Å². The molecule has 0 saturated carbocycles. The molecule has 0 bridgehead atoms. The first-order chi connectivity index (χ1) is 10.9. The number of thiophene rings is 1. The van der Waals surface area contributed by atoms with Gasteiger partial charge in [-0.1, -0.05) is 12.1 Å². The maximum absolute atomic E-state index is 13.0. The second-order valence-electron chi connectivity index (χ2n) is 5.17. The van der Waals surface area contributed by atoms with Gasteiger partial charge in [-0.25, -0.2) is 0 Å². The second-order valence-corrected chi connectivity index (χ2v) is 6.28. The van der Waals surface area contributed by atoms with Gasteiger partial charge in [0, 0.05) is 4.88 Å². The van der Waals surface area contributed by atoms with Crippen LogP contribution in [0.3, 0.4) is 0 Å². The van der Waals surface area contributed by atoms with Gasteiger partial charge in [-0.05, 0) is 37.0 Å². The molecule has 0 atom stereocenters. The third kappa shape index (κ3) is 2.82. The van der Waals surface area contributed by atoms with Crippen molar-refractivity contribution in [3.8, 4) is 6.07 Å². The number of fused-ring (bicyclic) bond motifs is 1. The Balaban J connectivity index is 1.94. The Morgan fingerprint density at radius 1 is 1.26 bits per heavy atom. The quantitative estimate of drug-likeness (QED) is 0.885. The lowest BCUT2D eigenvalue weighted by molar-refractivity contribution is -0.137. The summed E-state index contributed by atoms with van der Waals surface area (Å²) >= 11 is 1.27. The van der Waals surface area contributed by atoms with Crippen molar-refractivity contribution in [3.63, 3.8) is 0 Å². The summed E-state index contributed by atoms with van der Waals surface area (Å²) in [6.45, 7) is 0. The number of anilines is 1. The predicted octanol–water partition coefficient (Wildman–Crippen LogP) is 4.38. The van der Waals surface area contributed by atoms with E-state index in [-0.39, 0.29) is 0 Å². The van der Waals surface area contributed by atoms with E-state index in [1.54, 1.807) is 0 Å². The van der Waals surface area contributed by atoms with E-state index in [4.69, 9.17) is 0 Å². The molecule has 0 unspecified atom stereocenters. The van der Waals surface area contributed by atoms with Crippen molar-refractivity contribution in [1.82, 2.24) is 0 Å². The molecule has 0 radical (unpaired) electrons. The molecular formula is C16H11F3N2OS. The molecule has 1 aromatic heterocycles. The van der Waals surface area contributed by atoms with E-state index in [0.717, 1.165) is 41.8 Å². The van der Waals surface area contributed by atoms with Crippen LogP contribution in [0.25, 0.3) is 0 Å². The molecule has 0 saturated heterocycles. The SMILES string of the molecule is N#Cc1c(NC(=O)c2ccccc2C(F)(F)F)sc2c1CCC2. The number of halogens is 3. The van der Waals surface area contributed by atoms with Crippen molar-refractivity contribution in [3.05, 3.63) is 51.4 Å². The van der Waals surface area contributed by atoms with E-state index in [1.165, 1.54) is 23.5 Å². The van der Waals surface area contributed by atoms with Gasteiger partial charge in [-0.2, -0.15) is 18.4 Å². The molecule has 1 aliphatic rings. The zero-order chi connectivity index (χ0) is 16.6. The topological polar surface area (TPSA) is 52.9 Å². The minimum Gasteiger partial charge on any atom is -0.312 e. The molecule has 7 heteroatoms. The molecule has 1 aromatic carbocycles. The number of nitriles is 1. The van der Waals surface area contributed by atoms with Crippen LogP contribution in [0.2, 0.25) is 0 Å². The summed E-state index contributed by atoms with van der Waals surface area (Å²) in [6, 6.07) is 6.67. The van der Waals surface area contributed by atoms with Crippen molar-refractivity contribution in [2.75, 3.05) is 5.32 Å².